The largest absolute Gasteiger partial charge is 0.508 e. The molecule has 234 valence electrons. The van der Waals surface area contributed by atoms with Gasteiger partial charge in [-0.25, -0.2) is 5.09 Å². The Bertz CT molecular complexity index is 1420. The van der Waals surface area contributed by atoms with Gasteiger partial charge in [0.1, 0.15) is 29.4 Å². The number of para-hydroxylation sites is 1. The third-order valence-corrected chi connectivity index (χ3v) is 8.92. The fourth-order valence-electron chi connectivity index (χ4n) is 4.83. The molecule has 0 fully saturated rings. The molecule has 0 spiro atoms. The van der Waals surface area contributed by atoms with Crippen LogP contribution in [-0.2, 0) is 20.0 Å². The summed E-state index contributed by atoms with van der Waals surface area (Å²) in [6.45, 7) is 12.1. The minimum Gasteiger partial charge on any atom is -0.508 e. The molecule has 0 aromatic heterocycles. The van der Waals surface area contributed by atoms with Crippen molar-refractivity contribution in [2.75, 3.05) is 6.35 Å². The van der Waals surface area contributed by atoms with Gasteiger partial charge >= 0.3 is 13.5 Å². The Morgan fingerprint density at radius 1 is 0.953 bits per heavy atom. The smallest absolute Gasteiger partial charge is 0.354 e. The van der Waals surface area contributed by atoms with E-state index in [-0.39, 0.29) is 45.8 Å². The number of hydrogen-bond acceptors (Lipinski definition) is 6. The molecule has 10 heteroatoms. The number of nitrogens with one attached hydrogen (secondary N) is 1. The Morgan fingerprint density at radius 3 is 2.12 bits per heavy atom. The Kier molecular flexibility index (Phi) is 11.4. The predicted molar refractivity (Wildman–Crippen MR) is 164 cm³/mol. The van der Waals surface area contributed by atoms with E-state index in [9.17, 15) is 14.5 Å². The summed E-state index contributed by atoms with van der Waals surface area (Å²) in [5.74, 6) is -3.56. The van der Waals surface area contributed by atoms with Crippen molar-refractivity contribution < 1.29 is 37.2 Å². The van der Waals surface area contributed by atoms with E-state index in [1.165, 1.54) is 37.3 Å². The summed E-state index contributed by atoms with van der Waals surface area (Å²) in [4.78, 5) is 12.7. The second-order valence-corrected chi connectivity index (χ2v) is 13.1. The van der Waals surface area contributed by atoms with Crippen LogP contribution in [0, 0.1) is 13.8 Å². The van der Waals surface area contributed by atoms with Crippen molar-refractivity contribution in [1.82, 2.24) is 5.09 Å². The van der Waals surface area contributed by atoms with Gasteiger partial charge in [0.25, 0.3) is 5.92 Å². The maximum absolute atomic E-state index is 15.9. The van der Waals surface area contributed by atoms with E-state index in [2.05, 4.69) is 5.09 Å². The third kappa shape index (κ3) is 8.58. The highest BCUT2D eigenvalue weighted by molar-refractivity contribution is 7.57. The van der Waals surface area contributed by atoms with Gasteiger partial charge in [-0.05, 0) is 98.7 Å². The quantitative estimate of drug-likeness (QED) is 0.138. The van der Waals surface area contributed by atoms with Gasteiger partial charge in [-0.1, -0.05) is 45.9 Å². The summed E-state index contributed by atoms with van der Waals surface area (Å²) in [7, 11) is -3.86. The van der Waals surface area contributed by atoms with Crippen molar-refractivity contribution in [2.24, 2.45) is 0 Å². The fraction of sp³-hybridized carbons (Fsp3) is 0.424. The summed E-state index contributed by atoms with van der Waals surface area (Å²) in [6, 6.07) is 14.3. The lowest BCUT2D eigenvalue weighted by atomic mass is 9.90. The highest BCUT2D eigenvalue weighted by Gasteiger charge is 2.38. The lowest BCUT2D eigenvalue weighted by Gasteiger charge is -2.26. The van der Waals surface area contributed by atoms with Crippen LogP contribution in [0.1, 0.15) is 81.2 Å². The molecular weight excluding hydrogens is 575 g/mol. The van der Waals surface area contributed by atoms with Crippen molar-refractivity contribution in [3.63, 3.8) is 0 Å². The molecule has 0 aliphatic heterocycles. The average Bonchev–Trinajstić information content (AvgIpc) is 2.94. The van der Waals surface area contributed by atoms with Crippen LogP contribution in [0.25, 0.3) is 0 Å². The molecule has 0 bridgehead atoms. The van der Waals surface area contributed by atoms with Crippen LogP contribution in [0.3, 0.4) is 0 Å². The van der Waals surface area contributed by atoms with Gasteiger partial charge in [0, 0.05) is 11.1 Å². The summed E-state index contributed by atoms with van der Waals surface area (Å²) in [5.41, 5.74) is 0.571. The number of ether oxygens (including phenoxy) is 2. The zero-order valence-corrected chi connectivity index (χ0v) is 26.7. The Morgan fingerprint density at radius 2 is 1.56 bits per heavy atom. The van der Waals surface area contributed by atoms with Crippen LogP contribution in [0.15, 0.2) is 60.7 Å². The number of carbonyl (C=O) groups excluding carboxylic acids is 1. The molecule has 0 aliphatic rings. The number of alkyl halides is 2. The van der Waals surface area contributed by atoms with Crippen LogP contribution in [0.5, 0.6) is 17.2 Å². The highest BCUT2D eigenvalue weighted by Crippen LogP contribution is 2.46. The van der Waals surface area contributed by atoms with Crippen LogP contribution in [-0.4, -0.2) is 29.6 Å². The maximum Gasteiger partial charge on any atom is 0.354 e. The zero-order chi connectivity index (χ0) is 31.9. The molecule has 2 N–H and O–H groups in total. The van der Waals surface area contributed by atoms with E-state index < -0.39 is 31.8 Å². The monoisotopic (exact) mass is 617 g/mol. The lowest BCUT2D eigenvalue weighted by molar-refractivity contribution is -0.151. The normalized spacial score (nSPS) is 13.9. The van der Waals surface area contributed by atoms with E-state index in [4.69, 9.17) is 14.0 Å². The SMILES string of the molecule is CCC(CC)OC(=O)[C@H](C)NP(=O)(COc1cc(C)c(C(F)(F)c2ccc(O)c(C(C)C)c2)c(C)c1)Oc1ccccc1. The van der Waals surface area contributed by atoms with Gasteiger partial charge in [-0.15, -0.1) is 0 Å². The summed E-state index contributed by atoms with van der Waals surface area (Å²) < 4.78 is 62.9. The summed E-state index contributed by atoms with van der Waals surface area (Å²) in [6.07, 6.45) is 0.559. The molecule has 0 saturated carbocycles. The molecular formula is C33H42F2NO6P. The van der Waals surface area contributed by atoms with Gasteiger partial charge in [0.2, 0.25) is 0 Å². The fourth-order valence-corrected chi connectivity index (χ4v) is 6.49. The third-order valence-electron chi connectivity index (χ3n) is 7.17. The van der Waals surface area contributed by atoms with Gasteiger partial charge in [0.05, 0.1) is 0 Å². The van der Waals surface area contributed by atoms with E-state index in [0.717, 1.165) is 0 Å². The molecule has 1 unspecified atom stereocenters. The van der Waals surface area contributed by atoms with Gasteiger partial charge < -0.3 is 19.1 Å². The molecule has 7 nitrogen and oxygen atoms in total. The van der Waals surface area contributed by atoms with Crippen molar-refractivity contribution in [3.05, 3.63) is 88.5 Å². The van der Waals surface area contributed by atoms with Gasteiger partial charge in [-0.2, -0.15) is 8.78 Å². The van der Waals surface area contributed by atoms with Crippen LogP contribution in [0.4, 0.5) is 8.78 Å². The van der Waals surface area contributed by atoms with Crippen molar-refractivity contribution in [1.29, 1.82) is 0 Å². The number of phenols is 1. The Labute approximate surface area is 253 Å². The molecule has 0 radical (unpaired) electrons. The minimum absolute atomic E-state index is 0.0272. The number of hydrogen-bond donors (Lipinski definition) is 2. The van der Waals surface area contributed by atoms with Crippen molar-refractivity contribution in [2.45, 2.75) is 85.3 Å². The summed E-state index contributed by atoms with van der Waals surface area (Å²) >= 11 is 0. The molecule has 0 heterocycles. The first-order valence-electron chi connectivity index (χ1n) is 14.5. The van der Waals surface area contributed by atoms with E-state index in [0.29, 0.717) is 24.2 Å². The van der Waals surface area contributed by atoms with Crippen molar-refractivity contribution in [3.8, 4) is 17.2 Å². The zero-order valence-electron chi connectivity index (χ0n) is 25.8. The number of esters is 1. The topological polar surface area (TPSA) is 94.1 Å². The lowest BCUT2D eigenvalue weighted by Crippen LogP contribution is -2.37. The first-order chi connectivity index (χ1) is 20.2. The Hall–Kier alpha value is -3.42. The molecule has 43 heavy (non-hydrogen) atoms. The number of aromatic hydroxyl groups is 1. The number of aryl methyl sites for hydroxylation is 2. The summed E-state index contributed by atoms with van der Waals surface area (Å²) in [5, 5.41) is 12.9. The molecule has 0 amide bonds. The molecule has 0 saturated heterocycles. The first-order valence-corrected chi connectivity index (χ1v) is 16.3. The minimum atomic E-state index is -3.86. The van der Waals surface area contributed by atoms with E-state index in [1.54, 1.807) is 44.2 Å². The standard InChI is InChI=1S/C33H42F2NO6P/c1-8-26(9-2)41-32(38)24(7)36-43(39,42-27-13-11-10-12-14-27)20-40-28-17-22(5)31(23(6)18-28)33(34,35)25-15-16-30(37)29(19-25)21(3)4/h10-19,21,24,26,37H,8-9,20H2,1-7H3,(H,36,39)/t24-,43?/m0/s1. The van der Waals surface area contributed by atoms with Gasteiger partial charge in [0.15, 0.2) is 6.35 Å². The van der Waals surface area contributed by atoms with Crippen LogP contribution in [0.2, 0.25) is 0 Å². The number of halogens is 2. The van der Waals surface area contributed by atoms with Crippen LogP contribution < -0.4 is 14.3 Å². The Balaban J connectivity index is 1.87. The number of rotatable bonds is 14. The second-order valence-electron chi connectivity index (χ2n) is 11.0. The molecule has 3 rings (SSSR count). The second kappa shape index (κ2) is 14.4. The highest BCUT2D eigenvalue weighted by atomic mass is 31.2. The predicted octanol–water partition coefficient (Wildman–Crippen LogP) is 8.59. The number of benzene rings is 3. The van der Waals surface area contributed by atoms with Gasteiger partial charge in [-0.3, -0.25) is 9.36 Å². The number of carbonyl (C=O) groups is 1. The molecule has 3 aromatic carbocycles. The van der Waals surface area contributed by atoms with E-state index >= 15 is 8.78 Å². The first kappa shape index (κ1) is 34.1. The van der Waals surface area contributed by atoms with Crippen molar-refractivity contribution >= 4 is 13.5 Å². The molecule has 0 aliphatic carbocycles. The average molecular weight is 618 g/mol. The maximum atomic E-state index is 15.9. The van der Waals surface area contributed by atoms with E-state index in [1.807, 2.05) is 27.7 Å². The molecule has 2 atom stereocenters. The van der Waals surface area contributed by atoms with Crippen LogP contribution >= 0.6 is 7.52 Å². The molecule has 3 aromatic rings. The number of phenolic OH excluding ortho intramolecular Hbond substituents is 1.